The van der Waals surface area contributed by atoms with Gasteiger partial charge in [-0.05, 0) is 22.6 Å². The van der Waals surface area contributed by atoms with Gasteiger partial charge in [-0.15, -0.1) is 0 Å². The van der Waals surface area contributed by atoms with Crippen LogP contribution in [0.1, 0.15) is 12.0 Å². The Bertz CT molecular complexity index is 319. The van der Waals surface area contributed by atoms with Crippen molar-refractivity contribution in [2.24, 2.45) is 0 Å². The second-order valence-electron chi connectivity index (χ2n) is 2.15. The number of rotatable bonds is 2. The maximum Gasteiger partial charge on any atom is 0.269 e. The van der Waals surface area contributed by atoms with Crippen LogP contribution in [-0.2, 0) is 0 Å². The summed E-state index contributed by atoms with van der Waals surface area (Å²) in [4.78, 5) is 3.46. The van der Waals surface area contributed by atoms with E-state index in [1.54, 1.807) is 22.6 Å². The van der Waals surface area contributed by atoms with Gasteiger partial charge in [0.1, 0.15) is 3.70 Å². The highest BCUT2D eigenvalue weighted by molar-refractivity contribution is 14.1. The lowest BCUT2D eigenvalue weighted by Crippen LogP contribution is -2.00. The lowest BCUT2D eigenvalue weighted by atomic mass is 10.2. The molecule has 0 aliphatic carbocycles. The number of aromatic nitrogens is 1. The summed E-state index contributed by atoms with van der Waals surface area (Å²) < 4.78 is 42.1. The van der Waals surface area contributed by atoms with Gasteiger partial charge < -0.3 is 4.74 Å². The molecule has 1 aromatic rings. The third kappa shape index (κ3) is 2.04. The molecule has 0 amide bonds. The Balaban J connectivity index is 3.30. The molecule has 1 heterocycles. The lowest BCUT2D eigenvalue weighted by Gasteiger charge is -2.08. The van der Waals surface area contributed by atoms with Gasteiger partial charge in [0, 0.05) is 6.20 Å². The number of alkyl halides is 2. The molecule has 0 fully saturated rings. The van der Waals surface area contributed by atoms with Crippen molar-refractivity contribution >= 4 is 22.6 Å². The van der Waals surface area contributed by atoms with Gasteiger partial charge in [-0.1, -0.05) is 0 Å². The maximum absolute atomic E-state index is 13.1. The highest BCUT2D eigenvalue weighted by Gasteiger charge is 2.20. The van der Waals surface area contributed by atoms with Gasteiger partial charge in [0.25, 0.3) is 6.43 Å². The smallest absolute Gasteiger partial charge is 0.269 e. The molecule has 1 aromatic heterocycles. The lowest BCUT2D eigenvalue weighted by molar-refractivity contribution is 0.145. The molecule has 72 valence electrons. The number of ether oxygens (including phenoxy) is 1. The van der Waals surface area contributed by atoms with E-state index in [4.69, 9.17) is 0 Å². The first-order valence-electron chi connectivity index (χ1n) is 3.24. The van der Waals surface area contributed by atoms with Crippen LogP contribution in [0.4, 0.5) is 13.2 Å². The van der Waals surface area contributed by atoms with Crippen LogP contribution in [0.15, 0.2) is 6.20 Å². The molecule has 0 N–H and O–H groups in total. The monoisotopic (exact) mass is 303 g/mol. The molecule has 0 spiro atoms. The van der Waals surface area contributed by atoms with E-state index in [1.165, 1.54) is 0 Å². The number of halogens is 4. The molecule has 13 heavy (non-hydrogen) atoms. The van der Waals surface area contributed by atoms with Gasteiger partial charge in [0.15, 0.2) is 11.6 Å². The van der Waals surface area contributed by atoms with E-state index >= 15 is 0 Å². The predicted octanol–water partition coefficient (Wildman–Crippen LogP) is 2.77. The largest absolute Gasteiger partial charge is 0.493 e. The van der Waals surface area contributed by atoms with Crippen LogP contribution in [0.3, 0.4) is 0 Å². The van der Waals surface area contributed by atoms with Crippen molar-refractivity contribution in [2.75, 3.05) is 7.11 Å². The normalized spacial score (nSPS) is 10.6. The summed E-state index contributed by atoms with van der Waals surface area (Å²) in [7, 11) is 1.14. The topological polar surface area (TPSA) is 22.1 Å². The number of nitrogens with zero attached hydrogens (tertiary/aromatic N) is 1. The summed E-state index contributed by atoms with van der Waals surface area (Å²) in [6, 6.07) is 0. The van der Waals surface area contributed by atoms with Gasteiger partial charge in [0.2, 0.25) is 0 Å². The molecule has 0 bridgehead atoms. The Morgan fingerprint density at radius 1 is 1.54 bits per heavy atom. The average Bonchev–Trinajstić information content (AvgIpc) is 2.09. The Morgan fingerprint density at radius 3 is 2.62 bits per heavy atom. The molecule has 0 atom stereocenters. The Labute approximate surface area is 86.3 Å². The quantitative estimate of drug-likeness (QED) is 0.619. The second kappa shape index (κ2) is 4.12. The summed E-state index contributed by atoms with van der Waals surface area (Å²) in [6.07, 6.45) is -1.87. The van der Waals surface area contributed by atoms with E-state index in [1.807, 2.05) is 0 Å². The molecular weight excluding hydrogens is 298 g/mol. The molecule has 1 rings (SSSR count). The van der Waals surface area contributed by atoms with Crippen LogP contribution in [0.5, 0.6) is 5.75 Å². The minimum absolute atomic E-state index is 0.0128. The van der Waals surface area contributed by atoms with E-state index in [-0.39, 0.29) is 3.70 Å². The van der Waals surface area contributed by atoms with Crippen LogP contribution < -0.4 is 4.74 Å². The zero-order valence-electron chi connectivity index (χ0n) is 6.52. The van der Waals surface area contributed by atoms with E-state index in [9.17, 15) is 13.2 Å². The van der Waals surface area contributed by atoms with Gasteiger partial charge >= 0.3 is 0 Å². The van der Waals surface area contributed by atoms with Gasteiger partial charge in [-0.3, -0.25) is 0 Å². The fourth-order valence-electron chi connectivity index (χ4n) is 0.825. The molecule has 0 aliphatic rings. The number of hydrogen-bond donors (Lipinski definition) is 0. The van der Waals surface area contributed by atoms with Crippen molar-refractivity contribution in [2.45, 2.75) is 6.43 Å². The van der Waals surface area contributed by atoms with E-state index < -0.39 is 23.6 Å². The minimum atomic E-state index is -2.78. The molecule has 0 aliphatic heterocycles. The Morgan fingerprint density at radius 2 is 2.15 bits per heavy atom. The summed E-state index contributed by atoms with van der Waals surface area (Å²) in [6.45, 7) is 0. The van der Waals surface area contributed by atoms with Gasteiger partial charge in [0.05, 0.1) is 12.7 Å². The molecule has 0 saturated heterocycles. The number of hydrogen-bond acceptors (Lipinski definition) is 2. The van der Waals surface area contributed by atoms with Crippen LogP contribution in [-0.4, -0.2) is 12.1 Å². The second-order valence-corrected chi connectivity index (χ2v) is 3.17. The molecule has 0 radical (unpaired) electrons. The van der Waals surface area contributed by atoms with Crippen LogP contribution in [0.25, 0.3) is 0 Å². The fraction of sp³-hybridized carbons (Fsp3) is 0.286. The van der Waals surface area contributed by atoms with Gasteiger partial charge in [-0.2, -0.15) is 4.39 Å². The molecule has 0 unspecified atom stereocenters. The highest BCUT2D eigenvalue weighted by Crippen LogP contribution is 2.31. The maximum atomic E-state index is 13.1. The highest BCUT2D eigenvalue weighted by atomic mass is 127. The van der Waals surface area contributed by atoms with Crippen molar-refractivity contribution in [3.8, 4) is 5.75 Å². The Hall–Kier alpha value is -0.530. The third-order valence-electron chi connectivity index (χ3n) is 1.40. The van der Waals surface area contributed by atoms with Crippen LogP contribution >= 0.6 is 22.6 Å². The molecular formula is C7H5F3INO. The van der Waals surface area contributed by atoms with Gasteiger partial charge in [-0.25, -0.2) is 13.8 Å². The molecule has 0 aromatic carbocycles. The first-order valence-corrected chi connectivity index (χ1v) is 4.31. The summed E-state index contributed by atoms with van der Waals surface area (Å²) in [5.41, 5.74) is -0.527. The summed E-state index contributed by atoms with van der Waals surface area (Å²) in [5, 5.41) is 0. The standard InChI is InChI=1S/C7H5F3INO/c1-13-5-3(6(9)10)2-12-7(11)4(5)8/h2,6H,1H3. The fourth-order valence-corrected chi connectivity index (χ4v) is 1.21. The minimum Gasteiger partial charge on any atom is -0.493 e. The van der Waals surface area contributed by atoms with Crippen molar-refractivity contribution in [1.29, 1.82) is 0 Å². The van der Waals surface area contributed by atoms with Crippen LogP contribution in [0, 0.1) is 9.52 Å². The van der Waals surface area contributed by atoms with Crippen molar-refractivity contribution in [1.82, 2.24) is 4.98 Å². The third-order valence-corrected chi connectivity index (χ3v) is 2.15. The van der Waals surface area contributed by atoms with Crippen LogP contribution in [0.2, 0.25) is 0 Å². The number of pyridine rings is 1. The average molecular weight is 303 g/mol. The van der Waals surface area contributed by atoms with E-state index in [0.717, 1.165) is 13.3 Å². The molecule has 2 nitrogen and oxygen atoms in total. The SMILES string of the molecule is COc1c(C(F)F)cnc(I)c1F. The molecule has 0 saturated carbocycles. The zero-order chi connectivity index (χ0) is 10.0. The summed E-state index contributed by atoms with van der Waals surface area (Å²) >= 11 is 1.60. The van der Waals surface area contributed by atoms with Crippen molar-refractivity contribution in [3.63, 3.8) is 0 Å². The molecule has 6 heteroatoms. The predicted molar refractivity (Wildman–Crippen MR) is 48.4 cm³/mol. The summed E-state index contributed by atoms with van der Waals surface area (Å²) in [5.74, 6) is -1.28. The van der Waals surface area contributed by atoms with E-state index in [0.29, 0.717) is 0 Å². The first-order chi connectivity index (χ1) is 6.07. The van der Waals surface area contributed by atoms with Crippen molar-refractivity contribution in [3.05, 3.63) is 21.3 Å². The first kappa shape index (κ1) is 10.6. The zero-order valence-corrected chi connectivity index (χ0v) is 8.68. The van der Waals surface area contributed by atoms with E-state index in [2.05, 4.69) is 9.72 Å². The number of methoxy groups -OCH3 is 1. The Kier molecular flexibility index (Phi) is 3.34. The van der Waals surface area contributed by atoms with Crippen molar-refractivity contribution < 1.29 is 17.9 Å².